The molecule has 2 rings (SSSR count). The second-order valence-corrected chi connectivity index (χ2v) is 6.88. The van der Waals surface area contributed by atoms with Crippen LogP contribution in [0.4, 0.5) is 0 Å². The van der Waals surface area contributed by atoms with E-state index in [2.05, 4.69) is 6.92 Å². The zero-order valence-corrected chi connectivity index (χ0v) is 15.0. The van der Waals surface area contributed by atoms with Gasteiger partial charge < -0.3 is 9.47 Å². The van der Waals surface area contributed by atoms with Crippen molar-refractivity contribution in [3.63, 3.8) is 0 Å². The van der Waals surface area contributed by atoms with Crippen LogP contribution >= 0.6 is 0 Å². The lowest BCUT2D eigenvalue weighted by Crippen LogP contribution is -2.35. The van der Waals surface area contributed by atoms with Crippen LogP contribution in [0.15, 0.2) is 30.3 Å². The van der Waals surface area contributed by atoms with Gasteiger partial charge in [0.25, 0.3) is 0 Å². The molecule has 0 aliphatic carbocycles. The number of rotatable bonds is 11. The summed E-state index contributed by atoms with van der Waals surface area (Å²) in [6.07, 6.45) is 9.79. The molecular formula is C21H32O3. The molecule has 0 unspecified atom stereocenters. The first-order valence-corrected chi connectivity index (χ1v) is 9.56. The van der Waals surface area contributed by atoms with Crippen LogP contribution < -0.4 is 0 Å². The summed E-state index contributed by atoms with van der Waals surface area (Å²) in [7, 11) is 0. The van der Waals surface area contributed by atoms with Gasteiger partial charge in [0.05, 0.1) is 25.4 Å². The van der Waals surface area contributed by atoms with Gasteiger partial charge in [-0.2, -0.15) is 0 Å². The first-order valence-electron chi connectivity index (χ1n) is 9.56. The van der Waals surface area contributed by atoms with E-state index in [0.29, 0.717) is 31.8 Å². The van der Waals surface area contributed by atoms with Gasteiger partial charge in [-0.1, -0.05) is 75.8 Å². The molecule has 0 saturated carbocycles. The summed E-state index contributed by atoms with van der Waals surface area (Å²) in [5, 5.41) is 0. The van der Waals surface area contributed by atoms with Gasteiger partial charge in [-0.25, -0.2) is 0 Å². The van der Waals surface area contributed by atoms with Crippen molar-refractivity contribution >= 4 is 5.78 Å². The standard InChI is InChI=1S/C21H32O3/c1-2-3-4-5-6-10-13-20-14-19(22)15-21(24-20)17-23-16-18-11-8-7-9-12-18/h7-9,11-12,20-21H,2-6,10,13-17H2,1H3/t20-,21-/m0/s1. The van der Waals surface area contributed by atoms with Gasteiger partial charge in [0.2, 0.25) is 0 Å². The number of benzene rings is 1. The van der Waals surface area contributed by atoms with E-state index in [1.54, 1.807) is 0 Å². The van der Waals surface area contributed by atoms with E-state index in [4.69, 9.17) is 9.47 Å². The molecular weight excluding hydrogens is 300 g/mol. The smallest absolute Gasteiger partial charge is 0.138 e. The molecule has 24 heavy (non-hydrogen) atoms. The van der Waals surface area contributed by atoms with E-state index < -0.39 is 0 Å². The molecule has 0 aromatic heterocycles. The Morgan fingerprint density at radius 2 is 1.71 bits per heavy atom. The highest BCUT2D eigenvalue weighted by atomic mass is 16.5. The van der Waals surface area contributed by atoms with Gasteiger partial charge in [0, 0.05) is 12.8 Å². The number of ether oxygens (including phenoxy) is 2. The summed E-state index contributed by atoms with van der Waals surface area (Å²) in [6.45, 7) is 3.33. The molecule has 1 aromatic rings. The van der Waals surface area contributed by atoms with E-state index in [-0.39, 0.29) is 12.2 Å². The van der Waals surface area contributed by atoms with Gasteiger partial charge >= 0.3 is 0 Å². The lowest BCUT2D eigenvalue weighted by molar-refractivity contribution is -0.141. The molecule has 1 heterocycles. The molecule has 1 aliphatic rings. The van der Waals surface area contributed by atoms with Crippen molar-refractivity contribution in [1.82, 2.24) is 0 Å². The second kappa shape index (κ2) is 11.4. The van der Waals surface area contributed by atoms with Crippen LogP contribution in [0, 0.1) is 0 Å². The SMILES string of the molecule is CCCCCCCC[C@H]1CC(=O)C[C@@H](COCc2ccccc2)O1. The minimum atomic E-state index is -0.0694. The zero-order chi connectivity index (χ0) is 17.0. The third kappa shape index (κ3) is 7.59. The summed E-state index contributed by atoms with van der Waals surface area (Å²) < 4.78 is 11.8. The normalized spacial score (nSPS) is 21.1. The quantitative estimate of drug-likeness (QED) is 0.531. The number of hydrogen-bond acceptors (Lipinski definition) is 3. The van der Waals surface area contributed by atoms with E-state index in [9.17, 15) is 4.79 Å². The number of unbranched alkanes of at least 4 members (excludes halogenated alkanes) is 5. The average molecular weight is 332 g/mol. The summed E-state index contributed by atoms with van der Waals surface area (Å²) in [6, 6.07) is 10.1. The van der Waals surface area contributed by atoms with Gasteiger partial charge in [0.1, 0.15) is 5.78 Å². The predicted octanol–water partition coefficient (Wildman–Crippen LogP) is 5.07. The lowest BCUT2D eigenvalue weighted by atomic mass is 9.98. The second-order valence-electron chi connectivity index (χ2n) is 6.88. The van der Waals surface area contributed by atoms with Crippen LogP contribution in [-0.4, -0.2) is 24.6 Å². The molecule has 0 amide bonds. The van der Waals surface area contributed by atoms with Crippen molar-refractivity contribution in [2.24, 2.45) is 0 Å². The van der Waals surface area contributed by atoms with E-state index in [1.807, 2.05) is 30.3 Å². The first kappa shape index (κ1) is 19.1. The van der Waals surface area contributed by atoms with Gasteiger partial charge in [0.15, 0.2) is 0 Å². The molecule has 1 fully saturated rings. The van der Waals surface area contributed by atoms with E-state index >= 15 is 0 Å². The molecule has 0 bridgehead atoms. The summed E-state index contributed by atoms with van der Waals surface area (Å²) in [5.74, 6) is 0.325. The van der Waals surface area contributed by atoms with Crippen molar-refractivity contribution in [1.29, 1.82) is 0 Å². The van der Waals surface area contributed by atoms with Crippen LogP contribution in [0.2, 0.25) is 0 Å². The molecule has 3 nitrogen and oxygen atoms in total. The number of carbonyl (C=O) groups excluding carboxylic acids is 1. The Morgan fingerprint density at radius 3 is 2.50 bits per heavy atom. The molecule has 1 saturated heterocycles. The third-order valence-electron chi connectivity index (χ3n) is 4.59. The minimum absolute atomic E-state index is 0.0694. The Labute approximate surface area is 146 Å². The van der Waals surface area contributed by atoms with E-state index in [0.717, 1.165) is 12.0 Å². The number of carbonyl (C=O) groups is 1. The third-order valence-corrected chi connectivity index (χ3v) is 4.59. The summed E-state index contributed by atoms with van der Waals surface area (Å²) in [5.41, 5.74) is 1.16. The van der Waals surface area contributed by atoms with Crippen molar-refractivity contribution in [3.05, 3.63) is 35.9 Å². The largest absolute Gasteiger partial charge is 0.374 e. The van der Waals surface area contributed by atoms with Crippen LogP contribution in [-0.2, 0) is 20.9 Å². The zero-order valence-electron chi connectivity index (χ0n) is 15.0. The maximum Gasteiger partial charge on any atom is 0.138 e. The average Bonchev–Trinajstić information content (AvgIpc) is 2.58. The minimum Gasteiger partial charge on any atom is -0.374 e. The van der Waals surface area contributed by atoms with Gasteiger partial charge in [-0.05, 0) is 12.0 Å². The molecule has 3 heteroatoms. The van der Waals surface area contributed by atoms with Gasteiger partial charge in [-0.3, -0.25) is 4.79 Å². The fraction of sp³-hybridized carbons (Fsp3) is 0.667. The van der Waals surface area contributed by atoms with Crippen molar-refractivity contribution in [2.45, 2.75) is 83.5 Å². The topological polar surface area (TPSA) is 35.5 Å². The highest BCUT2D eigenvalue weighted by Gasteiger charge is 2.27. The van der Waals surface area contributed by atoms with Crippen LogP contribution in [0.5, 0.6) is 0 Å². The highest BCUT2D eigenvalue weighted by molar-refractivity contribution is 5.80. The van der Waals surface area contributed by atoms with Crippen molar-refractivity contribution < 1.29 is 14.3 Å². The molecule has 1 aromatic carbocycles. The van der Waals surface area contributed by atoms with Crippen LogP contribution in [0.25, 0.3) is 0 Å². The monoisotopic (exact) mass is 332 g/mol. The molecule has 0 spiro atoms. The maximum absolute atomic E-state index is 12.0. The fourth-order valence-electron chi connectivity index (χ4n) is 3.26. The number of ketones is 1. The fourth-order valence-corrected chi connectivity index (χ4v) is 3.26. The molecule has 0 N–H and O–H groups in total. The Bertz CT molecular complexity index is 457. The molecule has 2 atom stereocenters. The Balaban J connectivity index is 1.62. The van der Waals surface area contributed by atoms with Crippen molar-refractivity contribution in [3.8, 4) is 0 Å². The first-order chi connectivity index (χ1) is 11.8. The Hall–Kier alpha value is -1.19. The highest BCUT2D eigenvalue weighted by Crippen LogP contribution is 2.22. The van der Waals surface area contributed by atoms with Crippen LogP contribution in [0.1, 0.15) is 70.3 Å². The van der Waals surface area contributed by atoms with E-state index in [1.165, 1.54) is 38.5 Å². The maximum atomic E-state index is 12.0. The predicted molar refractivity (Wildman–Crippen MR) is 97.0 cm³/mol. The lowest BCUT2D eigenvalue weighted by Gasteiger charge is -2.29. The molecule has 134 valence electrons. The number of hydrogen-bond donors (Lipinski definition) is 0. The summed E-state index contributed by atoms with van der Waals surface area (Å²) in [4.78, 5) is 12.0. The summed E-state index contributed by atoms with van der Waals surface area (Å²) >= 11 is 0. The van der Waals surface area contributed by atoms with Crippen LogP contribution in [0.3, 0.4) is 0 Å². The molecule has 0 radical (unpaired) electrons. The molecule has 1 aliphatic heterocycles. The number of Topliss-reactive ketones (excluding diaryl/α,β-unsaturated/α-hetero) is 1. The van der Waals surface area contributed by atoms with Gasteiger partial charge in [-0.15, -0.1) is 0 Å². The Morgan fingerprint density at radius 1 is 1.00 bits per heavy atom. The van der Waals surface area contributed by atoms with Crippen molar-refractivity contribution in [2.75, 3.05) is 6.61 Å². The Kier molecular flexibility index (Phi) is 9.07.